The summed E-state index contributed by atoms with van der Waals surface area (Å²) in [6.45, 7) is 2.27. The average Bonchev–Trinajstić information content (AvgIpc) is 3.28. The Morgan fingerprint density at radius 2 is 1.83 bits per heavy atom. The summed E-state index contributed by atoms with van der Waals surface area (Å²) in [7, 11) is -3.44. The first-order valence-corrected chi connectivity index (χ1v) is 14.1. The number of halogens is 5. The molecule has 42 heavy (non-hydrogen) atoms. The molecule has 0 bridgehead atoms. The standard InChI is InChI=1S/C26H25F4N5O5S.ClH/c1-16-12-17(6-7-21(16)39-18-4-3-5-19(13-18)40-26(29,30)25(27)28)34-24-23-20(32-15-33-24)8-10-35(23)11-9-31-22(36)14-41(2,37)38;/h3-8,10,12-13,15,25H,9,11,14H2,1-2H3,(H,31,36)(H,32,33,34);1H. The number of rotatable bonds is 12. The lowest BCUT2D eigenvalue weighted by Crippen LogP contribution is -2.33. The second-order valence-electron chi connectivity index (χ2n) is 9.03. The van der Waals surface area contributed by atoms with Gasteiger partial charge in [0.05, 0.1) is 5.52 Å². The van der Waals surface area contributed by atoms with Crippen molar-refractivity contribution in [2.24, 2.45) is 0 Å². The molecule has 10 nitrogen and oxygen atoms in total. The number of carbonyl (C=O) groups excluding carboxylic acids is 1. The molecule has 2 heterocycles. The van der Waals surface area contributed by atoms with E-state index in [0.29, 0.717) is 40.4 Å². The van der Waals surface area contributed by atoms with Crippen molar-refractivity contribution < 1.29 is 40.2 Å². The molecule has 1 amide bonds. The van der Waals surface area contributed by atoms with Gasteiger partial charge in [-0.25, -0.2) is 18.4 Å². The number of benzene rings is 2. The lowest BCUT2D eigenvalue weighted by Gasteiger charge is -2.17. The SMILES string of the molecule is Cc1cc(Nc2ncnc3ccn(CCNC(=O)CS(C)(=O)=O)c23)ccc1Oc1cccc(OC(F)(F)C(F)F)c1.Cl. The molecular formula is C26H26ClF4N5O5S. The maximum absolute atomic E-state index is 13.3. The number of hydrogen-bond donors (Lipinski definition) is 2. The lowest BCUT2D eigenvalue weighted by molar-refractivity contribution is -0.253. The van der Waals surface area contributed by atoms with Crippen LogP contribution in [-0.2, 0) is 21.2 Å². The summed E-state index contributed by atoms with van der Waals surface area (Å²) in [5.41, 5.74) is 2.59. The summed E-state index contributed by atoms with van der Waals surface area (Å²) in [5, 5.41) is 5.78. The number of amides is 1. The molecule has 2 N–H and O–H groups in total. The van der Waals surface area contributed by atoms with E-state index in [4.69, 9.17) is 4.74 Å². The Morgan fingerprint density at radius 1 is 1.10 bits per heavy atom. The third kappa shape index (κ3) is 8.45. The number of anilines is 2. The van der Waals surface area contributed by atoms with Crippen LogP contribution in [0.5, 0.6) is 17.2 Å². The van der Waals surface area contributed by atoms with E-state index in [0.717, 1.165) is 18.4 Å². The summed E-state index contributed by atoms with van der Waals surface area (Å²) in [6, 6.07) is 11.9. The fourth-order valence-electron chi connectivity index (χ4n) is 3.82. The number of carbonyl (C=O) groups is 1. The molecule has 0 radical (unpaired) electrons. The van der Waals surface area contributed by atoms with Gasteiger partial charge in [0.25, 0.3) is 0 Å². The van der Waals surface area contributed by atoms with E-state index < -0.39 is 39.8 Å². The molecule has 2 aromatic carbocycles. The highest BCUT2D eigenvalue weighted by molar-refractivity contribution is 7.91. The summed E-state index contributed by atoms with van der Waals surface area (Å²) in [5.74, 6) is -0.705. The number of nitrogens with zero attached hydrogens (tertiary/aromatic N) is 3. The largest absolute Gasteiger partial charge is 0.461 e. The van der Waals surface area contributed by atoms with Crippen molar-refractivity contribution in [2.45, 2.75) is 26.0 Å². The number of hydrogen-bond acceptors (Lipinski definition) is 8. The number of ether oxygens (including phenoxy) is 2. The number of sulfone groups is 1. The summed E-state index contributed by atoms with van der Waals surface area (Å²) < 4.78 is 85.7. The van der Waals surface area contributed by atoms with Crippen molar-refractivity contribution in [3.05, 3.63) is 66.6 Å². The molecule has 4 aromatic rings. The Bertz CT molecular complexity index is 1670. The number of alkyl halides is 4. The Hall–Kier alpha value is -4.11. The molecule has 0 aliphatic heterocycles. The van der Waals surface area contributed by atoms with Gasteiger partial charge in [-0.3, -0.25) is 4.79 Å². The first-order chi connectivity index (χ1) is 19.3. The van der Waals surface area contributed by atoms with Gasteiger partial charge in [0.15, 0.2) is 15.7 Å². The molecule has 0 aliphatic carbocycles. The van der Waals surface area contributed by atoms with Crippen LogP contribution in [0.25, 0.3) is 11.0 Å². The molecule has 0 unspecified atom stereocenters. The first-order valence-electron chi connectivity index (χ1n) is 12.1. The molecule has 0 spiro atoms. The van der Waals surface area contributed by atoms with Gasteiger partial charge in [-0.15, -0.1) is 12.4 Å². The minimum Gasteiger partial charge on any atom is -0.457 e. The molecule has 0 aliphatic rings. The van der Waals surface area contributed by atoms with Gasteiger partial charge in [-0.1, -0.05) is 6.07 Å². The minimum atomic E-state index is -4.64. The van der Waals surface area contributed by atoms with Crippen LogP contribution in [0.1, 0.15) is 5.56 Å². The summed E-state index contributed by atoms with van der Waals surface area (Å²) in [4.78, 5) is 20.4. The van der Waals surface area contributed by atoms with Crippen molar-refractivity contribution in [2.75, 3.05) is 23.9 Å². The maximum Gasteiger partial charge on any atom is 0.461 e. The zero-order valence-corrected chi connectivity index (χ0v) is 23.8. The van der Waals surface area contributed by atoms with Crippen LogP contribution in [-0.4, -0.2) is 59.9 Å². The Morgan fingerprint density at radius 3 is 2.52 bits per heavy atom. The van der Waals surface area contributed by atoms with Gasteiger partial charge in [0, 0.05) is 37.3 Å². The quantitative estimate of drug-likeness (QED) is 0.207. The smallest absolute Gasteiger partial charge is 0.457 e. The van der Waals surface area contributed by atoms with E-state index >= 15 is 0 Å². The number of nitrogens with one attached hydrogen (secondary N) is 2. The molecule has 0 saturated carbocycles. The highest BCUT2D eigenvalue weighted by Gasteiger charge is 2.44. The van der Waals surface area contributed by atoms with Crippen molar-refractivity contribution in [1.82, 2.24) is 19.9 Å². The zero-order valence-electron chi connectivity index (χ0n) is 22.2. The molecule has 16 heteroatoms. The topological polar surface area (TPSA) is 124 Å². The van der Waals surface area contributed by atoms with Gasteiger partial charge in [0.2, 0.25) is 5.91 Å². The molecule has 0 saturated heterocycles. The van der Waals surface area contributed by atoms with Crippen LogP contribution in [0, 0.1) is 6.92 Å². The van der Waals surface area contributed by atoms with E-state index in [2.05, 4.69) is 25.3 Å². The van der Waals surface area contributed by atoms with Crippen LogP contribution < -0.4 is 20.1 Å². The second kappa shape index (κ2) is 13.2. The highest BCUT2D eigenvalue weighted by Crippen LogP contribution is 2.33. The van der Waals surface area contributed by atoms with Gasteiger partial charge in [-0.05, 0) is 48.9 Å². The average molecular weight is 632 g/mol. The van der Waals surface area contributed by atoms with Crippen LogP contribution in [0.4, 0.5) is 29.1 Å². The van der Waals surface area contributed by atoms with Gasteiger partial charge in [0.1, 0.15) is 34.8 Å². The number of aromatic nitrogens is 3. The van der Waals surface area contributed by atoms with Crippen LogP contribution >= 0.6 is 12.4 Å². The fourth-order valence-corrected chi connectivity index (χ4v) is 4.40. The van der Waals surface area contributed by atoms with Crippen molar-refractivity contribution in [3.63, 3.8) is 0 Å². The Balaban J connectivity index is 0.00000484. The van der Waals surface area contributed by atoms with E-state index in [1.807, 2.05) is 4.57 Å². The fraction of sp³-hybridized carbons (Fsp3) is 0.269. The third-order valence-electron chi connectivity index (χ3n) is 5.60. The van der Waals surface area contributed by atoms with Crippen molar-refractivity contribution in [3.8, 4) is 17.2 Å². The van der Waals surface area contributed by atoms with Crippen molar-refractivity contribution in [1.29, 1.82) is 0 Å². The normalized spacial score (nSPS) is 11.7. The van der Waals surface area contributed by atoms with Crippen LogP contribution in [0.3, 0.4) is 0 Å². The molecule has 226 valence electrons. The number of aryl methyl sites for hydroxylation is 1. The lowest BCUT2D eigenvalue weighted by atomic mass is 10.2. The highest BCUT2D eigenvalue weighted by atomic mass is 35.5. The Kier molecular flexibility index (Phi) is 10.2. The maximum atomic E-state index is 13.3. The van der Waals surface area contributed by atoms with E-state index in [1.54, 1.807) is 37.4 Å². The number of fused-ring (bicyclic) bond motifs is 1. The molecule has 2 aromatic heterocycles. The van der Waals surface area contributed by atoms with Gasteiger partial charge in [-0.2, -0.15) is 17.6 Å². The summed E-state index contributed by atoms with van der Waals surface area (Å²) >= 11 is 0. The van der Waals surface area contributed by atoms with E-state index in [-0.39, 0.29) is 24.7 Å². The summed E-state index contributed by atoms with van der Waals surface area (Å²) in [6.07, 6.45) is -4.48. The second-order valence-corrected chi connectivity index (χ2v) is 11.2. The van der Waals surface area contributed by atoms with E-state index in [1.165, 1.54) is 18.5 Å². The third-order valence-corrected chi connectivity index (χ3v) is 6.38. The van der Waals surface area contributed by atoms with Crippen molar-refractivity contribution >= 4 is 50.7 Å². The molecule has 0 atom stereocenters. The molecular weight excluding hydrogens is 606 g/mol. The Labute approximate surface area is 244 Å². The van der Waals surface area contributed by atoms with Gasteiger partial charge < -0.3 is 24.7 Å². The van der Waals surface area contributed by atoms with Gasteiger partial charge >= 0.3 is 12.5 Å². The monoisotopic (exact) mass is 631 g/mol. The minimum absolute atomic E-state index is 0. The van der Waals surface area contributed by atoms with Crippen LogP contribution in [0.15, 0.2) is 61.1 Å². The van der Waals surface area contributed by atoms with E-state index in [9.17, 15) is 30.8 Å². The first kappa shape index (κ1) is 32.4. The predicted octanol–water partition coefficient (Wildman–Crippen LogP) is 5.09. The molecule has 4 rings (SSSR count). The molecule has 0 fully saturated rings. The van der Waals surface area contributed by atoms with Crippen LogP contribution in [0.2, 0.25) is 0 Å². The zero-order chi connectivity index (χ0) is 29.8. The predicted molar refractivity (Wildman–Crippen MR) is 150 cm³/mol.